The Hall–Kier alpha value is -3.13. The normalized spacial score (nSPS) is 15.7. The van der Waals surface area contributed by atoms with E-state index < -0.39 is 16.1 Å². The molecular formula is C23H29N7O4S2. The van der Waals surface area contributed by atoms with Crippen molar-refractivity contribution < 1.29 is 13.2 Å². The molecule has 11 nitrogen and oxygen atoms in total. The molecule has 0 aromatic carbocycles. The Balaban J connectivity index is 1.35. The molecule has 36 heavy (non-hydrogen) atoms. The molecule has 0 spiro atoms. The van der Waals surface area contributed by atoms with Gasteiger partial charge in [-0.25, -0.2) is 18.5 Å². The molecule has 0 aliphatic carbocycles. The molecule has 4 heterocycles. The summed E-state index contributed by atoms with van der Waals surface area (Å²) in [7, 11) is -3.65. The van der Waals surface area contributed by atoms with Crippen LogP contribution < -0.4 is 21.5 Å². The van der Waals surface area contributed by atoms with Crippen LogP contribution in [0.25, 0.3) is 10.6 Å². The zero-order valence-corrected chi connectivity index (χ0v) is 21.7. The number of H-pyrrole nitrogens is 1. The second kappa shape index (κ2) is 10.9. The number of nitrogens with one attached hydrogen (secondary N) is 2. The first-order valence-corrected chi connectivity index (χ1v) is 13.8. The van der Waals surface area contributed by atoms with Crippen LogP contribution in [0, 0.1) is 5.92 Å². The SMILES string of the molecule is CC(C)CC(N)C(=O)Nc1ccc(N2CCN(S(=O)(=O)c3ccc(-c4ccc(=O)[nH]n4)s3)CC2)cn1. The largest absolute Gasteiger partial charge is 0.368 e. The van der Waals surface area contributed by atoms with Gasteiger partial charge in [-0.05, 0) is 42.7 Å². The fourth-order valence-electron chi connectivity index (χ4n) is 3.87. The van der Waals surface area contributed by atoms with Crippen molar-refractivity contribution in [3.05, 3.63) is 52.9 Å². The minimum atomic E-state index is -3.65. The zero-order chi connectivity index (χ0) is 25.9. The van der Waals surface area contributed by atoms with Crippen molar-refractivity contribution in [3.63, 3.8) is 0 Å². The Bertz CT molecular complexity index is 1340. The highest BCUT2D eigenvalue weighted by molar-refractivity contribution is 7.91. The van der Waals surface area contributed by atoms with E-state index in [1.807, 2.05) is 19.9 Å². The van der Waals surface area contributed by atoms with Gasteiger partial charge >= 0.3 is 0 Å². The van der Waals surface area contributed by atoms with Crippen LogP contribution in [0.5, 0.6) is 0 Å². The summed E-state index contributed by atoms with van der Waals surface area (Å²) in [6.45, 7) is 5.69. The molecular weight excluding hydrogens is 502 g/mol. The Morgan fingerprint density at radius 3 is 2.50 bits per heavy atom. The van der Waals surface area contributed by atoms with E-state index in [0.717, 1.165) is 17.0 Å². The molecule has 1 amide bonds. The molecule has 0 radical (unpaired) electrons. The van der Waals surface area contributed by atoms with Gasteiger partial charge in [-0.15, -0.1) is 11.3 Å². The third-order valence-electron chi connectivity index (χ3n) is 5.77. The van der Waals surface area contributed by atoms with Crippen LogP contribution in [0.2, 0.25) is 0 Å². The molecule has 1 atom stereocenters. The van der Waals surface area contributed by atoms with E-state index in [1.165, 1.54) is 10.4 Å². The molecule has 192 valence electrons. The van der Waals surface area contributed by atoms with E-state index in [-0.39, 0.29) is 15.7 Å². The van der Waals surface area contributed by atoms with Gasteiger partial charge in [0.1, 0.15) is 15.7 Å². The van der Waals surface area contributed by atoms with Gasteiger partial charge in [-0.3, -0.25) is 9.59 Å². The number of nitrogens with two attached hydrogens (primary N) is 1. The number of amides is 1. The van der Waals surface area contributed by atoms with Crippen LogP contribution in [-0.2, 0) is 14.8 Å². The summed E-state index contributed by atoms with van der Waals surface area (Å²) in [5.74, 6) is 0.476. The highest BCUT2D eigenvalue weighted by atomic mass is 32.2. The van der Waals surface area contributed by atoms with Crippen molar-refractivity contribution >= 4 is 38.8 Å². The predicted octanol–water partition coefficient (Wildman–Crippen LogP) is 1.72. The van der Waals surface area contributed by atoms with Crippen molar-refractivity contribution in [1.29, 1.82) is 0 Å². The molecule has 4 rings (SSSR count). The smallest absolute Gasteiger partial charge is 0.264 e. The minimum absolute atomic E-state index is 0.233. The third kappa shape index (κ3) is 5.98. The maximum atomic E-state index is 13.2. The first kappa shape index (κ1) is 25.9. The Morgan fingerprint density at radius 2 is 1.89 bits per heavy atom. The van der Waals surface area contributed by atoms with E-state index in [4.69, 9.17) is 5.73 Å². The van der Waals surface area contributed by atoms with Crippen LogP contribution in [-0.4, -0.2) is 66.0 Å². The van der Waals surface area contributed by atoms with Crippen LogP contribution in [0.15, 0.2) is 51.6 Å². The van der Waals surface area contributed by atoms with Crippen LogP contribution in [0.1, 0.15) is 20.3 Å². The molecule has 3 aromatic heterocycles. The summed E-state index contributed by atoms with van der Waals surface area (Å²) in [5.41, 5.74) is 6.96. The average molecular weight is 532 g/mol. The highest BCUT2D eigenvalue weighted by Crippen LogP contribution is 2.31. The molecule has 13 heteroatoms. The fourth-order valence-corrected chi connectivity index (χ4v) is 6.73. The second-order valence-corrected chi connectivity index (χ2v) is 12.2. The first-order chi connectivity index (χ1) is 17.1. The number of nitrogens with zero attached hydrogens (tertiary/aromatic N) is 4. The lowest BCUT2D eigenvalue weighted by Gasteiger charge is -2.35. The monoisotopic (exact) mass is 531 g/mol. The molecule has 1 aliphatic rings. The Labute approximate surface area is 213 Å². The highest BCUT2D eigenvalue weighted by Gasteiger charge is 2.30. The topological polar surface area (TPSA) is 154 Å². The van der Waals surface area contributed by atoms with Gasteiger partial charge in [0, 0.05) is 32.2 Å². The zero-order valence-electron chi connectivity index (χ0n) is 20.0. The number of carbonyl (C=O) groups is 1. The van der Waals surface area contributed by atoms with Crippen molar-refractivity contribution in [1.82, 2.24) is 19.5 Å². The number of thiophene rings is 1. The summed E-state index contributed by atoms with van der Waals surface area (Å²) in [5, 5.41) is 9.06. The van der Waals surface area contributed by atoms with Crippen molar-refractivity contribution in [2.24, 2.45) is 11.7 Å². The molecule has 1 saturated heterocycles. The Morgan fingerprint density at radius 1 is 1.14 bits per heavy atom. The maximum Gasteiger partial charge on any atom is 0.264 e. The number of sulfonamides is 1. The molecule has 1 aliphatic heterocycles. The van der Waals surface area contributed by atoms with Gasteiger partial charge in [0.25, 0.3) is 15.6 Å². The van der Waals surface area contributed by atoms with Crippen molar-refractivity contribution in [2.75, 3.05) is 36.4 Å². The first-order valence-electron chi connectivity index (χ1n) is 11.6. The molecule has 3 aromatic rings. The summed E-state index contributed by atoms with van der Waals surface area (Å²) in [4.78, 5) is 30.5. The molecule has 4 N–H and O–H groups in total. The lowest BCUT2D eigenvalue weighted by Crippen LogP contribution is -2.48. The molecule has 0 bridgehead atoms. The summed E-state index contributed by atoms with van der Waals surface area (Å²) < 4.78 is 28.1. The molecule has 1 unspecified atom stereocenters. The van der Waals surface area contributed by atoms with Crippen molar-refractivity contribution in [2.45, 2.75) is 30.5 Å². The fraction of sp³-hybridized carbons (Fsp3) is 0.391. The van der Waals surface area contributed by atoms with E-state index in [9.17, 15) is 18.0 Å². The standard InChI is InChI=1S/C23H29N7O4S2/c1-15(2)13-17(24)23(32)26-20-6-3-16(14-25-20)29-9-11-30(12-10-29)36(33,34)22-8-5-19(35-22)18-4-7-21(31)28-27-18/h3-8,14-15,17H,9-13,24H2,1-2H3,(H,28,31)(H,25,26,32). The number of rotatable bonds is 8. The summed E-state index contributed by atoms with van der Waals surface area (Å²) >= 11 is 1.12. The Kier molecular flexibility index (Phi) is 7.83. The van der Waals surface area contributed by atoms with E-state index >= 15 is 0 Å². The number of aromatic nitrogens is 3. The average Bonchev–Trinajstić information content (AvgIpc) is 3.36. The number of carbonyl (C=O) groups excluding carboxylic acids is 1. The minimum Gasteiger partial charge on any atom is -0.368 e. The summed E-state index contributed by atoms with van der Waals surface area (Å²) in [6.07, 6.45) is 2.25. The number of hydrogen-bond donors (Lipinski definition) is 3. The van der Waals surface area contributed by atoms with Gasteiger partial charge in [0.2, 0.25) is 5.91 Å². The lowest BCUT2D eigenvalue weighted by molar-refractivity contribution is -0.117. The van der Waals surface area contributed by atoms with Crippen LogP contribution >= 0.6 is 11.3 Å². The van der Waals surface area contributed by atoms with Gasteiger partial charge in [0.15, 0.2) is 0 Å². The maximum absolute atomic E-state index is 13.2. The van der Waals surface area contributed by atoms with Crippen LogP contribution in [0.4, 0.5) is 11.5 Å². The van der Waals surface area contributed by atoms with E-state index in [0.29, 0.717) is 54.9 Å². The van der Waals surface area contributed by atoms with Gasteiger partial charge in [-0.2, -0.15) is 9.40 Å². The number of pyridine rings is 1. The van der Waals surface area contributed by atoms with Gasteiger partial charge < -0.3 is 16.0 Å². The third-order valence-corrected chi connectivity index (χ3v) is 9.25. The second-order valence-electron chi connectivity index (χ2n) is 8.94. The quantitative estimate of drug-likeness (QED) is 0.397. The number of aromatic amines is 1. The van der Waals surface area contributed by atoms with E-state index in [1.54, 1.807) is 30.5 Å². The van der Waals surface area contributed by atoms with E-state index in [2.05, 4.69) is 25.4 Å². The summed E-state index contributed by atoms with van der Waals surface area (Å²) in [6, 6.07) is 9.15. The number of anilines is 2. The van der Waals surface area contributed by atoms with Crippen molar-refractivity contribution in [3.8, 4) is 10.6 Å². The van der Waals surface area contributed by atoms with Gasteiger partial charge in [-0.1, -0.05) is 13.8 Å². The number of piperazine rings is 1. The lowest BCUT2D eigenvalue weighted by atomic mass is 10.0. The molecule has 1 fully saturated rings. The predicted molar refractivity (Wildman–Crippen MR) is 139 cm³/mol. The molecule has 0 saturated carbocycles. The number of hydrogen-bond acceptors (Lipinski definition) is 9. The van der Waals surface area contributed by atoms with Crippen LogP contribution in [0.3, 0.4) is 0 Å². The van der Waals surface area contributed by atoms with Gasteiger partial charge in [0.05, 0.1) is 22.8 Å².